The quantitative estimate of drug-likeness (QED) is 0.856. The molecule has 0 aromatic heterocycles. The molecule has 0 amide bonds. The number of benzene rings is 1. The smallest absolute Gasteiger partial charge is 0.185 e. The van der Waals surface area contributed by atoms with E-state index < -0.39 is 21.7 Å². The summed E-state index contributed by atoms with van der Waals surface area (Å²) in [5.41, 5.74) is 1.10. The van der Waals surface area contributed by atoms with E-state index >= 15 is 0 Å². The van der Waals surface area contributed by atoms with Gasteiger partial charge in [0.1, 0.15) is 5.60 Å². The third kappa shape index (κ3) is 3.10. The summed E-state index contributed by atoms with van der Waals surface area (Å²) in [5.74, 6) is 0.382. The molecular weight excluding hydrogens is 314 g/mol. The molecule has 1 heterocycles. The number of aliphatic hydroxyl groups is 1. The summed E-state index contributed by atoms with van der Waals surface area (Å²) >= 11 is 0. The number of sulfone groups is 1. The maximum absolute atomic E-state index is 12.4. The van der Waals surface area contributed by atoms with Crippen molar-refractivity contribution in [1.29, 1.82) is 0 Å². The van der Waals surface area contributed by atoms with Crippen molar-refractivity contribution in [3.05, 3.63) is 41.8 Å². The Bertz CT molecular complexity index is 744. The van der Waals surface area contributed by atoms with Crippen LogP contribution in [0.3, 0.4) is 0 Å². The Labute approximate surface area is 137 Å². The van der Waals surface area contributed by atoms with Crippen molar-refractivity contribution in [2.75, 3.05) is 0 Å². The molecule has 0 saturated heterocycles. The first-order chi connectivity index (χ1) is 10.6. The summed E-state index contributed by atoms with van der Waals surface area (Å²) in [6.07, 6.45) is 0.618. The molecule has 1 unspecified atom stereocenters. The van der Waals surface area contributed by atoms with Gasteiger partial charge in [-0.25, -0.2) is 8.42 Å². The third-order valence-corrected chi connectivity index (χ3v) is 6.32. The molecule has 1 aromatic carbocycles. The van der Waals surface area contributed by atoms with Gasteiger partial charge in [-0.15, -0.1) is 0 Å². The van der Waals surface area contributed by atoms with Gasteiger partial charge in [-0.3, -0.25) is 0 Å². The van der Waals surface area contributed by atoms with Gasteiger partial charge in [0.15, 0.2) is 21.9 Å². The van der Waals surface area contributed by atoms with Crippen LogP contribution in [0.2, 0.25) is 0 Å². The van der Waals surface area contributed by atoms with Gasteiger partial charge in [-0.05, 0) is 57.9 Å². The van der Waals surface area contributed by atoms with E-state index in [0.29, 0.717) is 22.9 Å². The number of fused-ring (bicyclic) bond motifs is 1. The second-order valence-corrected chi connectivity index (χ2v) is 9.44. The molecule has 0 bridgehead atoms. The number of ether oxygens (including phenoxy) is 1. The average Bonchev–Trinajstić information content (AvgIpc) is 3.22. The zero-order valence-corrected chi connectivity index (χ0v) is 14.6. The molecule has 1 aliphatic heterocycles. The van der Waals surface area contributed by atoms with Gasteiger partial charge in [0.25, 0.3) is 0 Å². The fraction of sp³-hybridized carbons (Fsp3) is 0.529. The van der Waals surface area contributed by atoms with Gasteiger partial charge in [-0.2, -0.15) is 0 Å². The first-order valence-electron chi connectivity index (χ1n) is 7.79. The Morgan fingerprint density at radius 2 is 2.00 bits per heavy atom. The highest BCUT2D eigenvalue weighted by Gasteiger charge is 2.38. The molecule has 3 rings (SSSR count). The van der Waals surface area contributed by atoms with Crippen molar-refractivity contribution < 1.29 is 18.3 Å². The summed E-state index contributed by atoms with van der Waals surface area (Å²) in [4.78, 5) is 1.99. The van der Waals surface area contributed by atoms with Crippen molar-refractivity contribution >= 4 is 9.84 Å². The van der Waals surface area contributed by atoms with Gasteiger partial charge in [0.05, 0.1) is 10.1 Å². The Morgan fingerprint density at radius 3 is 2.57 bits per heavy atom. The van der Waals surface area contributed by atoms with Crippen molar-refractivity contribution in [3.8, 4) is 0 Å². The normalized spacial score (nSPS) is 21.2. The molecule has 5 nitrogen and oxygen atoms in total. The van der Waals surface area contributed by atoms with Crippen LogP contribution in [0.1, 0.15) is 51.0 Å². The van der Waals surface area contributed by atoms with Gasteiger partial charge < -0.3 is 14.7 Å². The SMILES string of the molecule is C=C(OC(C)(C)C)N1Cc2cc(S(=O)(=O)C3CC3)ccc2C1O. The largest absolute Gasteiger partial charge is 0.474 e. The lowest BCUT2D eigenvalue weighted by Gasteiger charge is -2.30. The zero-order valence-electron chi connectivity index (χ0n) is 13.7. The van der Waals surface area contributed by atoms with E-state index in [2.05, 4.69) is 6.58 Å². The second-order valence-electron chi connectivity index (χ2n) is 7.21. The van der Waals surface area contributed by atoms with Crippen LogP contribution in [0.4, 0.5) is 0 Å². The molecule has 1 saturated carbocycles. The maximum atomic E-state index is 12.4. The monoisotopic (exact) mass is 337 g/mol. The van der Waals surface area contributed by atoms with Gasteiger partial charge >= 0.3 is 0 Å². The molecule has 1 N–H and O–H groups in total. The predicted molar refractivity (Wildman–Crippen MR) is 87.1 cm³/mol. The molecule has 1 atom stereocenters. The lowest BCUT2D eigenvalue weighted by atomic mass is 10.1. The minimum absolute atomic E-state index is 0.234. The lowest BCUT2D eigenvalue weighted by Crippen LogP contribution is -2.28. The van der Waals surface area contributed by atoms with E-state index in [1.165, 1.54) is 0 Å². The number of hydrogen-bond acceptors (Lipinski definition) is 5. The minimum Gasteiger partial charge on any atom is -0.474 e. The second kappa shape index (κ2) is 5.24. The summed E-state index contributed by atoms with van der Waals surface area (Å²) in [7, 11) is -3.23. The van der Waals surface area contributed by atoms with E-state index in [-0.39, 0.29) is 5.25 Å². The highest BCUT2D eigenvalue weighted by Crippen LogP contribution is 2.39. The number of aliphatic hydroxyl groups excluding tert-OH is 1. The first-order valence-corrected chi connectivity index (χ1v) is 9.33. The van der Waals surface area contributed by atoms with Crippen molar-refractivity contribution in [3.63, 3.8) is 0 Å². The molecule has 2 aliphatic rings. The number of hydrogen-bond donors (Lipinski definition) is 1. The third-order valence-electron chi connectivity index (χ3n) is 4.06. The van der Waals surface area contributed by atoms with Crippen LogP contribution in [0.15, 0.2) is 35.6 Å². The Kier molecular flexibility index (Phi) is 3.72. The van der Waals surface area contributed by atoms with Crippen LogP contribution < -0.4 is 0 Å². The van der Waals surface area contributed by atoms with Crippen molar-refractivity contribution in [2.24, 2.45) is 0 Å². The summed E-state index contributed by atoms with van der Waals surface area (Å²) in [5, 5.41) is 10.2. The first kappa shape index (κ1) is 16.3. The number of nitrogens with zero attached hydrogens (tertiary/aromatic N) is 1. The summed E-state index contributed by atoms with van der Waals surface area (Å²) in [6, 6.07) is 4.96. The highest BCUT2D eigenvalue weighted by atomic mass is 32.2. The molecule has 0 radical (unpaired) electrons. The van der Waals surface area contributed by atoms with Crippen LogP contribution in [-0.2, 0) is 21.1 Å². The Balaban J connectivity index is 1.85. The molecule has 1 aromatic rings. The number of rotatable bonds is 4. The van der Waals surface area contributed by atoms with Crippen LogP contribution in [0.25, 0.3) is 0 Å². The highest BCUT2D eigenvalue weighted by molar-refractivity contribution is 7.92. The van der Waals surface area contributed by atoms with Crippen molar-refractivity contribution in [2.45, 2.75) is 62.1 Å². The van der Waals surface area contributed by atoms with Crippen LogP contribution >= 0.6 is 0 Å². The van der Waals surface area contributed by atoms with Crippen LogP contribution in [-0.4, -0.2) is 29.3 Å². The fourth-order valence-corrected chi connectivity index (χ4v) is 4.50. The van der Waals surface area contributed by atoms with E-state index in [1.54, 1.807) is 23.1 Å². The fourth-order valence-electron chi connectivity index (χ4n) is 2.79. The van der Waals surface area contributed by atoms with Gasteiger partial charge in [-0.1, -0.05) is 6.07 Å². The maximum Gasteiger partial charge on any atom is 0.185 e. The van der Waals surface area contributed by atoms with E-state index in [4.69, 9.17) is 4.74 Å². The molecule has 1 aliphatic carbocycles. The zero-order chi connectivity index (χ0) is 17.0. The molecule has 1 fully saturated rings. The van der Waals surface area contributed by atoms with E-state index in [9.17, 15) is 13.5 Å². The van der Waals surface area contributed by atoms with Gasteiger partial charge in [0.2, 0.25) is 0 Å². The predicted octanol–water partition coefficient (Wildman–Crippen LogP) is 2.72. The van der Waals surface area contributed by atoms with Gasteiger partial charge in [0, 0.05) is 12.1 Å². The molecule has 6 heteroatoms. The Morgan fingerprint density at radius 1 is 1.35 bits per heavy atom. The van der Waals surface area contributed by atoms with E-state index in [0.717, 1.165) is 18.4 Å². The lowest BCUT2D eigenvalue weighted by molar-refractivity contribution is -0.0552. The van der Waals surface area contributed by atoms with E-state index in [1.807, 2.05) is 20.8 Å². The molecule has 126 valence electrons. The topological polar surface area (TPSA) is 66.8 Å². The van der Waals surface area contributed by atoms with Crippen LogP contribution in [0, 0.1) is 0 Å². The summed E-state index contributed by atoms with van der Waals surface area (Å²) in [6.45, 7) is 10.0. The molecule has 23 heavy (non-hydrogen) atoms. The molecule has 0 spiro atoms. The molecular formula is C17H23NO4S. The van der Waals surface area contributed by atoms with Crippen molar-refractivity contribution in [1.82, 2.24) is 4.90 Å². The summed E-state index contributed by atoms with van der Waals surface area (Å²) < 4.78 is 30.4. The average molecular weight is 337 g/mol. The standard InChI is InChI=1S/C17H23NO4S/c1-11(22-17(2,3)4)18-10-12-9-14(7-8-15(12)16(18)19)23(20,21)13-5-6-13/h7-9,13,16,19H,1,5-6,10H2,2-4H3. The minimum atomic E-state index is -3.23. The van der Waals surface area contributed by atoms with Crippen LogP contribution in [0.5, 0.6) is 0 Å². The Hall–Kier alpha value is -1.53.